The molecule has 2 aromatic heterocycles. The number of rotatable bonds is 2. The van der Waals surface area contributed by atoms with E-state index in [1.165, 1.54) is 27.8 Å². The molecule has 1 aliphatic carbocycles. The van der Waals surface area contributed by atoms with Crippen LogP contribution in [0, 0.1) is 11.3 Å². The second-order valence-electron chi connectivity index (χ2n) is 14.0. The first-order chi connectivity index (χ1) is 21.7. The molecule has 5 heterocycles. The Balaban J connectivity index is 1.40. The molecule has 3 N–H and O–H groups in total. The minimum atomic E-state index is -0.622. The first-order valence-corrected chi connectivity index (χ1v) is 16.6. The lowest BCUT2D eigenvalue weighted by molar-refractivity contribution is -0.156. The number of anilines is 1. The standard InChI is InChI=1S/C35H46N6O4/c1-5-40-27-13-12-22-18-24(27)28-29(32(44-4)30-23(31(28)40)10-6-14-37-30)35(2,3)20-45-34(43)26-11-8-16-41(38-26)33(42)25(36)17-21-9-7-15-39(22)19-21/h6,10,12-14,18,21,25-26,29,32,38H,5,7-9,11,15-17,19-20,36H2,1-4H3/t21-,25?,26-,29?,32-/m0/s1. The number of hydrazine groups is 1. The average Bonchev–Trinajstić information content (AvgIpc) is 3.39. The van der Waals surface area contributed by atoms with Gasteiger partial charge in [0.2, 0.25) is 0 Å². The van der Waals surface area contributed by atoms with Gasteiger partial charge in [-0.05, 0) is 80.8 Å². The number of methoxy groups -OCH3 is 1. The predicted molar refractivity (Wildman–Crippen MR) is 173 cm³/mol. The summed E-state index contributed by atoms with van der Waals surface area (Å²) in [6.45, 7) is 9.85. The minimum Gasteiger partial charge on any atom is -0.464 e. The van der Waals surface area contributed by atoms with E-state index >= 15 is 0 Å². The van der Waals surface area contributed by atoms with E-state index in [0.717, 1.165) is 43.7 Å². The Bertz CT molecular complexity index is 1620. The van der Waals surface area contributed by atoms with Crippen LogP contribution in [0.15, 0.2) is 36.5 Å². The molecule has 3 aliphatic heterocycles. The maximum Gasteiger partial charge on any atom is 0.324 e. The zero-order chi connectivity index (χ0) is 31.5. The number of carbonyl (C=O) groups is 2. The number of cyclic esters (lactones) is 1. The molecule has 2 saturated heterocycles. The van der Waals surface area contributed by atoms with Crippen LogP contribution in [0.1, 0.15) is 76.2 Å². The van der Waals surface area contributed by atoms with Crippen molar-refractivity contribution in [3.63, 3.8) is 0 Å². The van der Waals surface area contributed by atoms with Crippen molar-refractivity contribution in [1.82, 2.24) is 20.0 Å². The third-order valence-corrected chi connectivity index (χ3v) is 10.6. The van der Waals surface area contributed by atoms with E-state index in [2.05, 4.69) is 59.9 Å². The van der Waals surface area contributed by atoms with Crippen LogP contribution in [0.3, 0.4) is 0 Å². The quantitative estimate of drug-likeness (QED) is 0.405. The van der Waals surface area contributed by atoms with Gasteiger partial charge in [0.15, 0.2) is 0 Å². The van der Waals surface area contributed by atoms with E-state index < -0.39 is 17.5 Å². The van der Waals surface area contributed by atoms with Gasteiger partial charge in [-0.2, -0.15) is 0 Å². The zero-order valence-electron chi connectivity index (χ0n) is 26.9. The van der Waals surface area contributed by atoms with Gasteiger partial charge >= 0.3 is 5.97 Å². The highest BCUT2D eigenvalue weighted by atomic mass is 16.5. The van der Waals surface area contributed by atoms with Crippen LogP contribution in [0.25, 0.3) is 22.2 Å². The average molecular weight is 615 g/mol. The third-order valence-electron chi connectivity index (χ3n) is 10.6. The number of benzene rings is 1. The fourth-order valence-electron chi connectivity index (χ4n) is 8.42. The number of piperidine rings is 1. The van der Waals surface area contributed by atoms with Crippen molar-refractivity contribution in [2.45, 2.75) is 83.5 Å². The van der Waals surface area contributed by atoms with E-state index in [4.69, 9.17) is 20.2 Å². The second kappa shape index (κ2) is 11.7. The Labute approximate surface area is 265 Å². The number of carbonyl (C=O) groups excluding carboxylic acids is 2. The van der Waals surface area contributed by atoms with E-state index in [1.54, 1.807) is 12.1 Å². The largest absolute Gasteiger partial charge is 0.464 e. The number of nitrogens with zero attached hydrogens (tertiary/aromatic N) is 4. The van der Waals surface area contributed by atoms with Crippen molar-refractivity contribution < 1.29 is 19.1 Å². The molecule has 10 heteroatoms. The summed E-state index contributed by atoms with van der Waals surface area (Å²) in [5, 5.41) is 2.75. The number of nitrogens with two attached hydrogens (primary N) is 1. The Kier molecular flexibility index (Phi) is 7.86. The van der Waals surface area contributed by atoms with Crippen molar-refractivity contribution in [3.8, 4) is 11.3 Å². The maximum atomic E-state index is 13.5. The van der Waals surface area contributed by atoms with Gasteiger partial charge in [0, 0.05) is 73.0 Å². The van der Waals surface area contributed by atoms with Crippen molar-refractivity contribution in [3.05, 3.63) is 47.8 Å². The fourth-order valence-corrected chi connectivity index (χ4v) is 8.42. The summed E-state index contributed by atoms with van der Waals surface area (Å²) < 4.78 is 14.8. The number of esters is 1. The number of hydrogen-bond donors (Lipinski definition) is 2. The summed E-state index contributed by atoms with van der Waals surface area (Å²) in [6.07, 6.45) is 5.53. The summed E-state index contributed by atoms with van der Waals surface area (Å²) in [7, 11) is 1.75. The summed E-state index contributed by atoms with van der Waals surface area (Å²) in [5.74, 6) is -0.335. The second-order valence-corrected chi connectivity index (χ2v) is 14.0. The molecular formula is C35H46N6O4. The molecule has 0 radical (unpaired) electrons. The molecule has 7 rings (SSSR count). The zero-order valence-corrected chi connectivity index (χ0v) is 26.9. The fraction of sp³-hybridized carbons (Fsp3) is 0.571. The molecule has 3 aromatic rings. The van der Waals surface area contributed by atoms with Crippen LogP contribution >= 0.6 is 0 Å². The molecule has 2 fully saturated rings. The first kappa shape index (κ1) is 30.2. The van der Waals surface area contributed by atoms with Gasteiger partial charge in [-0.1, -0.05) is 13.8 Å². The van der Waals surface area contributed by atoms with Gasteiger partial charge in [0.25, 0.3) is 5.91 Å². The van der Waals surface area contributed by atoms with E-state index in [0.29, 0.717) is 31.7 Å². The summed E-state index contributed by atoms with van der Waals surface area (Å²) >= 11 is 0. The van der Waals surface area contributed by atoms with E-state index in [1.807, 2.05) is 12.3 Å². The molecule has 4 aliphatic rings. The van der Waals surface area contributed by atoms with Gasteiger partial charge in [-0.3, -0.25) is 19.6 Å². The number of hydrogen-bond acceptors (Lipinski definition) is 8. The van der Waals surface area contributed by atoms with Crippen LogP contribution in [0.4, 0.5) is 5.69 Å². The predicted octanol–water partition coefficient (Wildman–Crippen LogP) is 4.52. The molecule has 5 atom stereocenters. The van der Waals surface area contributed by atoms with Crippen molar-refractivity contribution in [2.24, 2.45) is 17.1 Å². The molecule has 0 saturated carbocycles. The van der Waals surface area contributed by atoms with Crippen molar-refractivity contribution >= 4 is 28.5 Å². The number of ether oxygens (including phenoxy) is 2. The third kappa shape index (κ3) is 5.11. The highest BCUT2D eigenvalue weighted by Gasteiger charge is 2.47. The van der Waals surface area contributed by atoms with Crippen LogP contribution in [0.5, 0.6) is 0 Å². The van der Waals surface area contributed by atoms with Gasteiger partial charge in [-0.15, -0.1) is 0 Å². The van der Waals surface area contributed by atoms with Crippen molar-refractivity contribution in [1.29, 1.82) is 0 Å². The molecule has 10 nitrogen and oxygen atoms in total. The highest BCUT2D eigenvalue weighted by Crippen LogP contribution is 2.57. The number of amides is 1. The Hall–Kier alpha value is -3.47. The lowest BCUT2D eigenvalue weighted by Gasteiger charge is -2.42. The number of nitrogens with one attached hydrogen (secondary N) is 1. The Morgan fingerprint density at radius 2 is 1.98 bits per heavy atom. The molecule has 0 spiro atoms. The summed E-state index contributed by atoms with van der Waals surface area (Å²) in [6, 6.07) is 9.78. The Morgan fingerprint density at radius 1 is 1.16 bits per heavy atom. The number of aromatic nitrogens is 2. The van der Waals surface area contributed by atoms with Gasteiger partial charge in [0.05, 0.1) is 24.0 Å². The van der Waals surface area contributed by atoms with Crippen LogP contribution in [0.2, 0.25) is 0 Å². The van der Waals surface area contributed by atoms with Gasteiger partial charge in [-0.25, -0.2) is 5.43 Å². The molecular weight excluding hydrogens is 568 g/mol. The smallest absolute Gasteiger partial charge is 0.324 e. The Morgan fingerprint density at radius 3 is 2.78 bits per heavy atom. The molecule has 240 valence electrons. The maximum absolute atomic E-state index is 13.5. The lowest BCUT2D eigenvalue weighted by Crippen LogP contribution is -2.59. The first-order valence-electron chi connectivity index (χ1n) is 16.6. The van der Waals surface area contributed by atoms with Crippen molar-refractivity contribution in [2.75, 3.05) is 38.3 Å². The monoisotopic (exact) mass is 614 g/mol. The van der Waals surface area contributed by atoms with Crippen LogP contribution < -0.4 is 16.1 Å². The minimum absolute atomic E-state index is 0.137. The van der Waals surface area contributed by atoms with E-state index in [-0.39, 0.29) is 30.5 Å². The lowest BCUT2D eigenvalue weighted by atomic mass is 9.67. The summed E-state index contributed by atoms with van der Waals surface area (Å²) in [4.78, 5) is 34.3. The SMILES string of the molecule is CCn1c2c3c4cc(ccc41)N1CCC[C@@H](CC(N)C(=O)N4CCC[C@H](N4)C(=O)OCC(C)(C)C3[C@H](OC)c3ncccc3-2)C1. The van der Waals surface area contributed by atoms with Crippen LogP contribution in [-0.2, 0) is 25.6 Å². The molecule has 1 aromatic carbocycles. The van der Waals surface area contributed by atoms with Crippen LogP contribution in [-0.4, -0.2) is 71.9 Å². The normalized spacial score (nSPS) is 28.4. The molecule has 45 heavy (non-hydrogen) atoms. The van der Waals surface area contributed by atoms with E-state index in [9.17, 15) is 9.59 Å². The molecule has 6 bridgehead atoms. The number of fused-ring (bicyclic) bond motifs is 8. The highest BCUT2D eigenvalue weighted by molar-refractivity contribution is 5.96. The molecule has 1 amide bonds. The van der Waals surface area contributed by atoms with Gasteiger partial charge < -0.3 is 24.7 Å². The van der Waals surface area contributed by atoms with Gasteiger partial charge in [0.1, 0.15) is 12.1 Å². The molecule has 2 unspecified atom stereocenters. The number of pyridine rings is 1. The number of aryl methyl sites for hydroxylation is 1. The topological polar surface area (TPSA) is 115 Å². The summed E-state index contributed by atoms with van der Waals surface area (Å²) in [5.41, 5.74) is 15.9.